The van der Waals surface area contributed by atoms with E-state index in [0.29, 0.717) is 12.0 Å². The van der Waals surface area contributed by atoms with Crippen molar-refractivity contribution in [2.75, 3.05) is 12.3 Å². The van der Waals surface area contributed by atoms with E-state index in [1.165, 1.54) is 0 Å². The molecule has 0 aromatic carbocycles. The molecule has 0 rings (SSSR count). The molecular formula is C10H17N3O7S. The van der Waals surface area contributed by atoms with Crippen molar-refractivity contribution >= 4 is 35.8 Å². The standard InChI is InChI=1S/C10H17N3O7S/c11-5(10(18)19)1-2-7(14)13-6(4-21-20)9(17)12-3-8(15)16/h5-6,20H,1-4,11H2,(H,12,17)(H,13,14)(H,15,16)(H,18,19). The molecule has 0 aliphatic carbocycles. The van der Waals surface area contributed by atoms with E-state index in [4.69, 9.17) is 20.5 Å². The van der Waals surface area contributed by atoms with E-state index < -0.39 is 42.4 Å². The number of nitrogens with two attached hydrogens (primary N) is 1. The molecule has 2 atom stereocenters. The molecule has 120 valence electrons. The van der Waals surface area contributed by atoms with Gasteiger partial charge in [-0.1, -0.05) is 0 Å². The van der Waals surface area contributed by atoms with Gasteiger partial charge >= 0.3 is 11.9 Å². The molecular weight excluding hydrogens is 306 g/mol. The second-order valence-corrected chi connectivity index (χ2v) is 4.60. The average molecular weight is 323 g/mol. The molecule has 0 aliphatic heterocycles. The van der Waals surface area contributed by atoms with Crippen LogP contribution in [0.15, 0.2) is 0 Å². The Balaban J connectivity index is 4.35. The second-order valence-electron chi connectivity index (χ2n) is 4.01. The second kappa shape index (κ2) is 9.96. The third-order valence-electron chi connectivity index (χ3n) is 2.31. The molecule has 0 aliphatic rings. The summed E-state index contributed by atoms with van der Waals surface area (Å²) in [6, 6.07) is -2.32. The zero-order chi connectivity index (χ0) is 16.4. The minimum absolute atomic E-state index is 0.114. The third kappa shape index (κ3) is 8.83. The Kier molecular flexibility index (Phi) is 9.08. The Morgan fingerprint density at radius 1 is 1.19 bits per heavy atom. The number of carbonyl (C=O) groups excluding carboxylic acids is 2. The van der Waals surface area contributed by atoms with Gasteiger partial charge in [0.05, 0.1) is 0 Å². The van der Waals surface area contributed by atoms with Crippen LogP contribution in [-0.2, 0) is 19.2 Å². The van der Waals surface area contributed by atoms with Crippen LogP contribution < -0.4 is 16.4 Å². The van der Waals surface area contributed by atoms with Crippen LogP contribution in [-0.4, -0.2) is 62.9 Å². The fourth-order valence-corrected chi connectivity index (χ4v) is 1.60. The Hall–Kier alpha value is -1.85. The lowest BCUT2D eigenvalue weighted by molar-refractivity contribution is -0.139. The van der Waals surface area contributed by atoms with Crippen molar-refractivity contribution in [3.05, 3.63) is 0 Å². The van der Waals surface area contributed by atoms with Crippen LogP contribution in [0.1, 0.15) is 12.8 Å². The zero-order valence-electron chi connectivity index (χ0n) is 10.9. The highest BCUT2D eigenvalue weighted by Crippen LogP contribution is 2.00. The van der Waals surface area contributed by atoms with Gasteiger partial charge in [0.15, 0.2) is 0 Å². The Morgan fingerprint density at radius 3 is 2.29 bits per heavy atom. The number of aliphatic carboxylic acids is 2. The van der Waals surface area contributed by atoms with E-state index >= 15 is 0 Å². The average Bonchev–Trinajstić information content (AvgIpc) is 2.41. The summed E-state index contributed by atoms with van der Waals surface area (Å²) in [6.07, 6.45) is -0.330. The van der Waals surface area contributed by atoms with Crippen molar-refractivity contribution in [1.29, 1.82) is 0 Å². The molecule has 0 aromatic rings. The molecule has 2 unspecified atom stereocenters. The predicted molar refractivity (Wildman–Crippen MR) is 72.5 cm³/mol. The summed E-state index contributed by atoms with van der Waals surface area (Å²) < 4.78 is 8.74. The number of nitrogens with one attached hydrogen (secondary N) is 2. The summed E-state index contributed by atoms with van der Waals surface area (Å²) in [5.74, 6) is -4.07. The summed E-state index contributed by atoms with van der Waals surface area (Å²) in [4.78, 5) is 43.9. The molecule has 11 heteroatoms. The van der Waals surface area contributed by atoms with Crippen LogP contribution in [0.5, 0.6) is 0 Å². The van der Waals surface area contributed by atoms with Crippen LogP contribution in [0, 0.1) is 0 Å². The predicted octanol–water partition coefficient (Wildman–Crippen LogP) is -1.93. The minimum Gasteiger partial charge on any atom is -0.480 e. The summed E-state index contributed by atoms with van der Waals surface area (Å²) in [5.41, 5.74) is 5.23. The molecule has 0 heterocycles. The lowest BCUT2D eigenvalue weighted by Gasteiger charge is -2.16. The lowest BCUT2D eigenvalue weighted by Crippen LogP contribution is -2.49. The first-order valence-electron chi connectivity index (χ1n) is 5.81. The molecule has 10 nitrogen and oxygen atoms in total. The number of amides is 2. The SMILES string of the molecule is NC(CCC(=O)NC(CSO)C(=O)NCC(=O)O)C(=O)O. The smallest absolute Gasteiger partial charge is 0.322 e. The minimum atomic E-state index is -1.25. The third-order valence-corrected chi connectivity index (χ3v) is 2.79. The van der Waals surface area contributed by atoms with E-state index in [0.717, 1.165) is 0 Å². The largest absolute Gasteiger partial charge is 0.480 e. The summed E-state index contributed by atoms with van der Waals surface area (Å²) in [6.45, 7) is -0.620. The van der Waals surface area contributed by atoms with Crippen LogP contribution >= 0.6 is 12.0 Å². The van der Waals surface area contributed by atoms with Crippen molar-refractivity contribution in [2.45, 2.75) is 24.9 Å². The van der Waals surface area contributed by atoms with E-state index in [-0.39, 0.29) is 18.6 Å². The first-order valence-corrected chi connectivity index (χ1v) is 6.75. The van der Waals surface area contributed by atoms with Crippen LogP contribution in [0.25, 0.3) is 0 Å². The van der Waals surface area contributed by atoms with Crippen molar-refractivity contribution < 1.29 is 33.9 Å². The number of rotatable bonds is 10. The van der Waals surface area contributed by atoms with Gasteiger partial charge in [-0.15, -0.1) is 0 Å². The monoisotopic (exact) mass is 323 g/mol. The van der Waals surface area contributed by atoms with Gasteiger partial charge in [-0.05, 0) is 18.5 Å². The van der Waals surface area contributed by atoms with Crippen LogP contribution in [0.4, 0.5) is 0 Å². The van der Waals surface area contributed by atoms with Gasteiger partial charge in [0.2, 0.25) is 11.8 Å². The molecule has 0 aromatic heterocycles. The maximum Gasteiger partial charge on any atom is 0.322 e. The van der Waals surface area contributed by atoms with Gasteiger partial charge in [-0.3, -0.25) is 19.2 Å². The highest BCUT2D eigenvalue weighted by atomic mass is 32.2. The van der Waals surface area contributed by atoms with Crippen molar-refractivity contribution in [2.24, 2.45) is 5.73 Å². The summed E-state index contributed by atoms with van der Waals surface area (Å²) >= 11 is 0.302. The number of carbonyl (C=O) groups is 4. The molecule has 21 heavy (non-hydrogen) atoms. The maximum atomic E-state index is 11.6. The molecule has 0 fully saturated rings. The number of hydrogen-bond acceptors (Lipinski definition) is 7. The molecule has 0 bridgehead atoms. The lowest BCUT2D eigenvalue weighted by atomic mass is 10.1. The normalized spacial score (nSPS) is 13.0. The van der Waals surface area contributed by atoms with E-state index in [2.05, 4.69) is 10.6 Å². The summed E-state index contributed by atoms with van der Waals surface area (Å²) in [7, 11) is 0. The quantitative estimate of drug-likeness (QED) is 0.250. The summed E-state index contributed by atoms with van der Waals surface area (Å²) in [5, 5.41) is 21.3. The highest BCUT2D eigenvalue weighted by molar-refractivity contribution is 7.93. The topological polar surface area (TPSA) is 179 Å². The van der Waals surface area contributed by atoms with E-state index in [1.54, 1.807) is 0 Å². The van der Waals surface area contributed by atoms with Crippen molar-refractivity contribution in [3.63, 3.8) is 0 Å². The molecule has 0 radical (unpaired) electrons. The Morgan fingerprint density at radius 2 is 1.81 bits per heavy atom. The van der Waals surface area contributed by atoms with E-state index in [9.17, 15) is 19.2 Å². The van der Waals surface area contributed by atoms with E-state index in [1.807, 2.05) is 0 Å². The first-order chi connectivity index (χ1) is 9.77. The van der Waals surface area contributed by atoms with Gasteiger partial charge in [0, 0.05) is 12.2 Å². The molecule has 7 N–H and O–H groups in total. The van der Waals surface area contributed by atoms with Gasteiger partial charge < -0.3 is 31.1 Å². The van der Waals surface area contributed by atoms with Gasteiger partial charge in [0.1, 0.15) is 18.6 Å². The molecule has 0 saturated carbocycles. The number of hydrogen-bond donors (Lipinski definition) is 6. The fourth-order valence-electron chi connectivity index (χ4n) is 1.22. The van der Waals surface area contributed by atoms with Crippen LogP contribution in [0.3, 0.4) is 0 Å². The van der Waals surface area contributed by atoms with Crippen molar-refractivity contribution in [3.8, 4) is 0 Å². The number of carboxylic acid groups (broad SMARTS) is 2. The molecule has 0 saturated heterocycles. The number of carboxylic acids is 2. The first kappa shape index (κ1) is 19.1. The molecule has 0 spiro atoms. The highest BCUT2D eigenvalue weighted by Gasteiger charge is 2.22. The van der Waals surface area contributed by atoms with Crippen LogP contribution in [0.2, 0.25) is 0 Å². The Labute approximate surface area is 124 Å². The fraction of sp³-hybridized carbons (Fsp3) is 0.600. The van der Waals surface area contributed by atoms with Gasteiger partial charge in [0.25, 0.3) is 0 Å². The Bertz CT molecular complexity index is 404. The van der Waals surface area contributed by atoms with Gasteiger partial charge in [-0.2, -0.15) is 0 Å². The molecule has 2 amide bonds. The zero-order valence-corrected chi connectivity index (χ0v) is 11.8. The maximum absolute atomic E-state index is 11.6. The van der Waals surface area contributed by atoms with Gasteiger partial charge in [-0.25, -0.2) is 0 Å². The van der Waals surface area contributed by atoms with Crippen molar-refractivity contribution in [1.82, 2.24) is 10.6 Å².